The van der Waals surface area contributed by atoms with Crippen molar-refractivity contribution in [2.75, 3.05) is 20.3 Å². The van der Waals surface area contributed by atoms with Gasteiger partial charge in [-0.25, -0.2) is 4.79 Å². The summed E-state index contributed by atoms with van der Waals surface area (Å²) in [5.41, 5.74) is 0.513. The van der Waals surface area contributed by atoms with Gasteiger partial charge in [-0.3, -0.25) is 0 Å². The molecule has 0 aliphatic carbocycles. The molecular weight excluding hydrogens is 206 g/mol. The molecule has 0 aliphatic heterocycles. The van der Waals surface area contributed by atoms with Crippen LogP contribution in [0.3, 0.4) is 0 Å². The standard InChI is InChI=1S/C12H23NO3/c1-5-12(3,7-9-14)13-8-6-10(2)11(15)16-4/h6,13-14H,5,7-9H2,1-4H3/b10-6-. The lowest BCUT2D eigenvalue weighted by molar-refractivity contribution is -0.136. The lowest BCUT2D eigenvalue weighted by atomic mass is 9.95. The van der Waals surface area contributed by atoms with Crippen molar-refractivity contribution >= 4 is 5.97 Å². The Bertz CT molecular complexity index is 251. The van der Waals surface area contributed by atoms with Gasteiger partial charge in [-0.1, -0.05) is 13.0 Å². The largest absolute Gasteiger partial charge is 0.466 e. The van der Waals surface area contributed by atoms with E-state index in [0.717, 1.165) is 6.42 Å². The molecule has 1 unspecified atom stereocenters. The van der Waals surface area contributed by atoms with Crippen LogP contribution < -0.4 is 5.32 Å². The Morgan fingerprint density at radius 2 is 2.19 bits per heavy atom. The van der Waals surface area contributed by atoms with Crippen LogP contribution in [-0.2, 0) is 9.53 Å². The minimum Gasteiger partial charge on any atom is -0.466 e. The summed E-state index contributed by atoms with van der Waals surface area (Å²) >= 11 is 0. The van der Waals surface area contributed by atoms with Crippen molar-refractivity contribution in [3.63, 3.8) is 0 Å². The summed E-state index contributed by atoms with van der Waals surface area (Å²) in [5.74, 6) is -0.304. The van der Waals surface area contributed by atoms with Gasteiger partial charge >= 0.3 is 5.97 Å². The molecule has 0 saturated heterocycles. The zero-order chi connectivity index (χ0) is 12.6. The lowest BCUT2D eigenvalue weighted by Crippen LogP contribution is -2.42. The molecule has 4 heteroatoms. The van der Waals surface area contributed by atoms with Crippen molar-refractivity contribution in [1.82, 2.24) is 5.32 Å². The van der Waals surface area contributed by atoms with Crippen LogP contribution in [0.5, 0.6) is 0 Å². The maximum atomic E-state index is 11.1. The fraction of sp³-hybridized carbons (Fsp3) is 0.750. The molecule has 0 fully saturated rings. The molecule has 0 aromatic carbocycles. The third-order valence-corrected chi connectivity index (χ3v) is 2.89. The predicted octanol–water partition coefficient (Wildman–Crippen LogP) is 1.25. The molecule has 2 N–H and O–H groups in total. The van der Waals surface area contributed by atoms with E-state index in [0.29, 0.717) is 18.5 Å². The number of esters is 1. The smallest absolute Gasteiger partial charge is 0.333 e. The van der Waals surface area contributed by atoms with Gasteiger partial charge in [0.1, 0.15) is 0 Å². The van der Waals surface area contributed by atoms with E-state index in [4.69, 9.17) is 5.11 Å². The second-order valence-corrected chi connectivity index (χ2v) is 4.15. The Morgan fingerprint density at radius 3 is 2.62 bits per heavy atom. The van der Waals surface area contributed by atoms with Crippen molar-refractivity contribution in [2.45, 2.75) is 39.2 Å². The fourth-order valence-corrected chi connectivity index (χ4v) is 1.33. The van der Waals surface area contributed by atoms with Crippen molar-refractivity contribution in [3.8, 4) is 0 Å². The minimum absolute atomic E-state index is 0.0817. The topological polar surface area (TPSA) is 58.6 Å². The maximum Gasteiger partial charge on any atom is 0.333 e. The van der Waals surface area contributed by atoms with Crippen LogP contribution in [0, 0.1) is 0 Å². The van der Waals surface area contributed by atoms with Crippen LogP contribution in [0.1, 0.15) is 33.6 Å². The first kappa shape index (κ1) is 15.1. The number of carbonyl (C=O) groups excluding carboxylic acids is 1. The Hall–Kier alpha value is -0.870. The van der Waals surface area contributed by atoms with Gasteiger partial charge < -0.3 is 15.2 Å². The molecule has 0 spiro atoms. The Balaban J connectivity index is 4.17. The fourth-order valence-electron chi connectivity index (χ4n) is 1.33. The van der Waals surface area contributed by atoms with E-state index in [1.165, 1.54) is 7.11 Å². The molecule has 94 valence electrons. The highest BCUT2D eigenvalue weighted by Crippen LogP contribution is 2.13. The summed E-state index contributed by atoms with van der Waals surface area (Å²) in [6.07, 6.45) is 3.43. The molecule has 0 heterocycles. The number of rotatable bonds is 7. The highest BCUT2D eigenvalue weighted by Gasteiger charge is 2.19. The van der Waals surface area contributed by atoms with E-state index in [-0.39, 0.29) is 18.1 Å². The van der Waals surface area contributed by atoms with Crippen molar-refractivity contribution in [2.24, 2.45) is 0 Å². The Labute approximate surface area is 97.7 Å². The predicted molar refractivity (Wildman–Crippen MR) is 64.2 cm³/mol. The second-order valence-electron chi connectivity index (χ2n) is 4.15. The van der Waals surface area contributed by atoms with Crippen molar-refractivity contribution in [3.05, 3.63) is 11.6 Å². The first-order valence-corrected chi connectivity index (χ1v) is 5.60. The molecule has 4 nitrogen and oxygen atoms in total. The molecule has 1 atom stereocenters. The van der Waals surface area contributed by atoms with Gasteiger partial charge in [-0.05, 0) is 26.7 Å². The van der Waals surface area contributed by atoms with Gasteiger partial charge in [-0.15, -0.1) is 0 Å². The quantitative estimate of drug-likeness (QED) is 0.509. The van der Waals surface area contributed by atoms with Crippen molar-refractivity contribution < 1.29 is 14.6 Å². The van der Waals surface area contributed by atoms with Crippen molar-refractivity contribution in [1.29, 1.82) is 0 Å². The summed E-state index contributed by atoms with van der Waals surface area (Å²) in [4.78, 5) is 11.1. The average molecular weight is 229 g/mol. The maximum absolute atomic E-state index is 11.1. The first-order valence-electron chi connectivity index (χ1n) is 5.60. The number of aliphatic hydroxyl groups excluding tert-OH is 1. The van der Waals surface area contributed by atoms with Gasteiger partial charge in [0.15, 0.2) is 0 Å². The Morgan fingerprint density at radius 1 is 1.56 bits per heavy atom. The van der Waals surface area contributed by atoms with Gasteiger partial charge in [0.25, 0.3) is 0 Å². The Kier molecular flexibility index (Phi) is 7.01. The number of nitrogens with one attached hydrogen (secondary N) is 1. The summed E-state index contributed by atoms with van der Waals surface area (Å²) in [6, 6.07) is 0. The molecule has 0 aromatic rings. The van der Waals surface area contributed by atoms with E-state index >= 15 is 0 Å². The number of carbonyl (C=O) groups is 1. The second kappa shape index (κ2) is 7.41. The normalized spacial score (nSPS) is 15.7. The van der Waals surface area contributed by atoms with Crippen LogP contribution in [0.25, 0.3) is 0 Å². The highest BCUT2D eigenvalue weighted by molar-refractivity contribution is 5.87. The third-order valence-electron chi connectivity index (χ3n) is 2.89. The monoisotopic (exact) mass is 229 g/mol. The van der Waals surface area contributed by atoms with Crippen LogP contribution in [0.15, 0.2) is 11.6 Å². The molecule has 0 bridgehead atoms. The van der Waals surface area contributed by atoms with Crippen LogP contribution in [0.2, 0.25) is 0 Å². The summed E-state index contributed by atoms with van der Waals surface area (Å²) in [6.45, 7) is 6.62. The average Bonchev–Trinajstić information content (AvgIpc) is 2.28. The minimum atomic E-state index is -0.304. The number of methoxy groups -OCH3 is 1. The zero-order valence-electron chi connectivity index (χ0n) is 10.7. The van der Waals surface area contributed by atoms with Crippen LogP contribution in [0.4, 0.5) is 0 Å². The molecule has 0 saturated carbocycles. The van der Waals surface area contributed by atoms with E-state index in [1.807, 2.05) is 0 Å². The van der Waals surface area contributed by atoms with Gasteiger partial charge in [-0.2, -0.15) is 0 Å². The molecule has 0 radical (unpaired) electrons. The third kappa shape index (κ3) is 5.28. The van der Waals surface area contributed by atoms with E-state index in [9.17, 15) is 4.79 Å². The van der Waals surface area contributed by atoms with Gasteiger partial charge in [0.2, 0.25) is 0 Å². The summed E-state index contributed by atoms with van der Waals surface area (Å²) in [5, 5.41) is 12.3. The zero-order valence-corrected chi connectivity index (χ0v) is 10.7. The number of hydrogen-bond donors (Lipinski definition) is 2. The number of hydrogen-bond acceptors (Lipinski definition) is 4. The molecule has 0 amide bonds. The molecular formula is C12H23NO3. The highest BCUT2D eigenvalue weighted by atomic mass is 16.5. The van der Waals surface area contributed by atoms with E-state index in [2.05, 4.69) is 23.9 Å². The number of aliphatic hydroxyl groups is 1. The lowest BCUT2D eigenvalue weighted by Gasteiger charge is -2.28. The number of ether oxygens (including phenoxy) is 1. The van der Waals surface area contributed by atoms with E-state index in [1.54, 1.807) is 13.0 Å². The summed E-state index contributed by atoms with van der Waals surface area (Å²) in [7, 11) is 1.37. The van der Waals surface area contributed by atoms with Gasteiger partial charge in [0, 0.05) is 24.3 Å². The SMILES string of the molecule is CCC(C)(CCO)NC/C=C(/C)C(=O)OC. The molecule has 16 heavy (non-hydrogen) atoms. The first-order chi connectivity index (χ1) is 7.49. The molecule has 0 rings (SSSR count). The molecule has 0 aromatic heterocycles. The molecule has 0 aliphatic rings. The van der Waals surface area contributed by atoms with Gasteiger partial charge in [0.05, 0.1) is 7.11 Å². The van der Waals surface area contributed by atoms with Crippen LogP contribution in [-0.4, -0.2) is 36.9 Å². The van der Waals surface area contributed by atoms with Crippen LogP contribution >= 0.6 is 0 Å². The van der Waals surface area contributed by atoms with E-state index < -0.39 is 0 Å². The summed E-state index contributed by atoms with van der Waals surface area (Å²) < 4.78 is 4.59.